The third-order valence-corrected chi connectivity index (χ3v) is 0.392. The predicted octanol–water partition coefficient (Wildman–Crippen LogP) is 0.358. The first-order chi connectivity index (χ1) is 3.13. The Kier molecular flexibility index (Phi) is 2.59. The monoisotopic (exact) mass is 121 g/mol. The van der Waals surface area contributed by atoms with Gasteiger partial charge in [-0.3, -0.25) is 0 Å². The van der Waals surface area contributed by atoms with Crippen LogP contribution in [-0.2, 0) is 4.74 Å². The Morgan fingerprint density at radius 2 is 2.43 bits per heavy atom. The number of carbonyl (C=O) groups excluding carboxylic acids is 1. The van der Waals surface area contributed by atoms with Crippen LogP contribution in [0.2, 0.25) is 0 Å². The number of rotatable bonds is 1. The SMILES string of the molecule is CC(S)OC(N)=O. The van der Waals surface area contributed by atoms with Crippen LogP contribution in [0.25, 0.3) is 0 Å². The molecule has 0 spiro atoms. The molecule has 7 heavy (non-hydrogen) atoms. The van der Waals surface area contributed by atoms with E-state index in [4.69, 9.17) is 0 Å². The van der Waals surface area contributed by atoms with Crippen LogP contribution in [0.4, 0.5) is 4.79 Å². The van der Waals surface area contributed by atoms with Crippen molar-refractivity contribution in [2.75, 3.05) is 0 Å². The number of hydrogen-bond acceptors (Lipinski definition) is 3. The summed E-state index contributed by atoms with van der Waals surface area (Å²) in [6.07, 6.45) is -0.789. The van der Waals surface area contributed by atoms with Crippen molar-refractivity contribution in [3.8, 4) is 0 Å². The van der Waals surface area contributed by atoms with Crippen LogP contribution in [0.5, 0.6) is 0 Å². The lowest BCUT2D eigenvalue weighted by molar-refractivity contribution is 0.152. The lowest BCUT2D eigenvalue weighted by atomic mass is 10.8. The van der Waals surface area contributed by atoms with Gasteiger partial charge in [-0.15, -0.1) is 12.6 Å². The van der Waals surface area contributed by atoms with E-state index in [-0.39, 0.29) is 0 Å². The second-order valence-corrected chi connectivity index (χ2v) is 1.76. The molecule has 4 heteroatoms. The average molecular weight is 121 g/mol. The van der Waals surface area contributed by atoms with Crippen LogP contribution >= 0.6 is 12.6 Å². The molecule has 0 aromatic rings. The molecule has 2 N–H and O–H groups in total. The van der Waals surface area contributed by atoms with Crippen LogP contribution in [0.1, 0.15) is 6.92 Å². The van der Waals surface area contributed by atoms with Gasteiger partial charge in [0.05, 0.1) is 0 Å². The van der Waals surface area contributed by atoms with Crippen molar-refractivity contribution < 1.29 is 9.53 Å². The minimum Gasteiger partial charge on any atom is -0.436 e. The van der Waals surface area contributed by atoms with Gasteiger partial charge in [-0.2, -0.15) is 0 Å². The van der Waals surface area contributed by atoms with Crippen LogP contribution < -0.4 is 5.73 Å². The highest BCUT2D eigenvalue weighted by atomic mass is 32.1. The molecule has 0 rings (SSSR count). The molecule has 0 aliphatic heterocycles. The molecule has 1 amide bonds. The molecule has 1 unspecified atom stereocenters. The van der Waals surface area contributed by atoms with E-state index < -0.39 is 11.5 Å². The van der Waals surface area contributed by atoms with Crippen molar-refractivity contribution in [2.24, 2.45) is 5.73 Å². The largest absolute Gasteiger partial charge is 0.436 e. The zero-order valence-electron chi connectivity index (χ0n) is 3.92. The Morgan fingerprint density at radius 3 is 2.43 bits per heavy atom. The van der Waals surface area contributed by atoms with Crippen molar-refractivity contribution in [3.05, 3.63) is 0 Å². The standard InChI is InChI=1S/C3H7NO2S/c1-2(7)6-3(4)5/h2,7H,1H3,(H2,4,5). The quantitative estimate of drug-likeness (QED) is 0.388. The van der Waals surface area contributed by atoms with Crippen molar-refractivity contribution in [3.63, 3.8) is 0 Å². The molecular formula is C3H7NO2S. The van der Waals surface area contributed by atoms with E-state index in [2.05, 4.69) is 23.1 Å². The molecule has 0 radical (unpaired) electrons. The molecule has 0 bridgehead atoms. The maximum absolute atomic E-state index is 9.76. The van der Waals surface area contributed by atoms with Gasteiger partial charge in [-0.25, -0.2) is 4.79 Å². The summed E-state index contributed by atoms with van der Waals surface area (Å²) >= 11 is 3.71. The maximum Gasteiger partial charge on any atom is 0.405 e. The molecule has 0 aromatic carbocycles. The predicted molar refractivity (Wildman–Crippen MR) is 29.1 cm³/mol. The first kappa shape index (κ1) is 6.62. The highest BCUT2D eigenvalue weighted by molar-refractivity contribution is 7.80. The van der Waals surface area contributed by atoms with Crippen molar-refractivity contribution in [1.82, 2.24) is 0 Å². The molecular weight excluding hydrogens is 114 g/mol. The van der Waals surface area contributed by atoms with E-state index in [1.54, 1.807) is 6.92 Å². The van der Waals surface area contributed by atoms with E-state index in [9.17, 15) is 4.79 Å². The lowest BCUT2D eigenvalue weighted by Crippen LogP contribution is -2.16. The van der Waals surface area contributed by atoms with Crippen molar-refractivity contribution in [2.45, 2.75) is 12.4 Å². The molecule has 1 atom stereocenters. The van der Waals surface area contributed by atoms with Gasteiger partial charge in [0.2, 0.25) is 0 Å². The first-order valence-electron chi connectivity index (χ1n) is 1.77. The maximum atomic E-state index is 9.76. The average Bonchev–Trinajstić information content (AvgIpc) is 1.27. The van der Waals surface area contributed by atoms with Crippen molar-refractivity contribution in [1.29, 1.82) is 0 Å². The summed E-state index contributed by atoms with van der Waals surface area (Å²) in [7, 11) is 0. The van der Waals surface area contributed by atoms with E-state index in [0.29, 0.717) is 0 Å². The molecule has 42 valence electrons. The normalized spacial score (nSPS) is 12.9. The van der Waals surface area contributed by atoms with Gasteiger partial charge < -0.3 is 10.5 Å². The molecule has 3 nitrogen and oxygen atoms in total. The van der Waals surface area contributed by atoms with Crippen LogP contribution in [0.3, 0.4) is 0 Å². The van der Waals surface area contributed by atoms with E-state index in [0.717, 1.165) is 0 Å². The number of carbonyl (C=O) groups is 1. The molecule has 0 aliphatic rings. The Balaban J connectivity index is 3.13. The number of amides is 1. The fraction of sp³-hybridized carbons (Fsp3) is 0.667. The van der Waals surface area contributed by atoms with Crippen molar-refractivity contribution >= 4 is 18.7 Å². The Bertz CT molecular complexity index is 73.3. The Morgan fingerprint density at radius 1 is 2.00 bits per heavy atom. The summed E-state index contributed by atoms with van der Waals surface area (Å²) < 4.78 is 4.25. The number of thiol groups is 1. The summed E-state index contributed by atoms with van der Waals surface area (Å²) in [5.74, 6) is 0. The molecule has 0 saturated heterocycles. The zero-order valence-corrected chi connectivity index (χ0v) is 4.81. The van der Waals surface area contributed by atoms with E-state index >= 15 is 0 Å². The number of hydrogen-bond donors (Lipinski definition) is 2. The van der Waals surface area contributed by atoms with Crippen LogP contribution in [-0.4, -0.2) is 11.5 Å². The van der Waals surface area contributed by atoms with Crippen LogP contribution in [0, 0.1) is 0 Å². The number of nitrogens with two attached hydrogens (primary N) is 1. The molecule has 0 aliphatic carbocycles. The second-order valence-electron chi connectivity index (χ2n) is 1.04. The van der Waals surface area contributed by atoms with Gasteiger partial charge >= 0.3 is 6.09 Å². The molecule has 0 fully saturated rings. The van der Waals surface area contributed by atoms with E-state index in [1.165, 1.54) is 0 Å². The third-order valence-electron chi connectivity index (χ3n) is 0.287. The first-order valence-corrected chi connectivity index (χ1v) is 2.28. The highest BCUT2D eigenvalue weighted by Gasteiger charge is 1.95. The highest BCUT2D eigenvalue weighted by Crippen LogP contribution is 1.92. The summed E-state index contributed by atoms with van der Waals surface area (Å²) in [4.78, 5) is 9.76. The number of primary amides is 1. The Hall–Kier alpha value is -0.380. The van der Waals surface area contributed by atoms with Crippen LogP contribution in [0.15, 0.2) is 0 Å². The number of ether oxygens (including phenoxy) is 1. The summed E-state index contributed by atoms with van der Waals surface area (Å²) in [6, 6.07) is 0. The third kappa shape index (κ3) is 5.62. The topological polar surface area (TPSA) is 52.3 Å². The summed E-state index contributed by atoms with van der Waals surface area (Å²) in [5.41, 5.74) is 4.18. The molecule has 0 heterocycles. The van der Waals surface area contributed by atoms with E-state index in [1.807, 2.05) is 0 Å². The second kappa shape index (κ2) is 2.74. The fourth-order valence-electron chi connectivity index (χ4n) is 0.168. The van der Waals surface area contributed by atoms with Gasteiger partial charge in [0, 0.05) is 0 Å². The minimum absolute atomic E-state index is 0.405. The molecule has 0 saturated carbocycles. The minimum atomic E-state index is -0.789. The fourth-order valence-corrected chi connectivity index (χ4v) is 0.272. The molecule has 0 aromatic heterocycles. The van der Waals surface area contributed by atoms with Gasteiger partial charge in [-0.1, -0.05) is 0 Å². The van der Waals surface area contributed by atoms with Gasteiger partial charge in [0.15, 0.2) is 0 Å². The smallest absolute Gasteiger partial charge is 0.405 e. The van der Waals surface area contributed by atoms with Gasteiger partial charge in [0.1, 0.15) is 5.44 Å². The lowest BCUT2D eigenvalue weighted by Gasteiger charge is -2.00. The van der Waals surface area contributed by atoms with Gasteiger partial charge in [-0.05, 0) is 6.92 Å². The summed E-state index contributed by atoms with van der Waals surface area (Å²) in [6.45, 7) is 1.61. The Labute approximate surface area is 47.2 Å². The summed E-state index contributed by atoms with van der Waals surface area (Å²) in [5, 5.41) is 0. The van der Waals surface area contributed by atoms with Gasteiger partial charge in [0.25, 0.3) is 0 Å². The zero-order chi connectivity index (χ0) is 5.86.